The van der Waals surface area contributed by atoms with Gasteiger partial charge in [-0.05, 0) is 46.9 Å². The maximum atomic E-state index is 2.44. The second-order valence-electron chi connectivity index (χ2n) is 8.18. The van der Waals surface area contributed by atoms with Gasteiger partial charge in [-0.25, -0.2) is 0 Å². The predicted octanol–water partition coefficient (Wildman–Crippen LogP) is 6.33. The Hall–Kier alpha value is -1.56. The highest BCUT2D eigenvalue weighted by Gasteiger charge is 2.46. The van der Waals surface area contributed by atoms with E-state index in [4.69, 9.17) is 0 Å². The van der Waals surface area contributed by atoms with Gasteiger partial charge in [0.2, 0.25) is 0 Å². The normalized spacial score (nSPS) is 27.8. The molecule has 0 heteroatoms. The highest BCUT2D eigenvalue weighted by Crippen LogP contribution is 2.57. The molecule has 0 saturated heterocycles. The molecule has 6 rings (SSSR count). The van der Waals surface area contributed by atoms with Crippen LogP contribution in [0, 0.1) is 11.8 Å². The van der Waals surface area contributed by atoms with Gasteiger partial charge in [0, 0.05) is 5.41 Å². The van der Waals surface area contributed by atoms with E-state index in [0.29, 0.717) is 5.41 Å². The number of hydrogen-bond donors (Lipinski definition) is 0. The van der Waals surface area contributed by atoms with Crippen molar-refractivity contribution in [2.75, 3.05) is 0 Å². The van der Waals surface area contributed by atoms with Gasteiger partial charge in [0.1, 0.15) is 0 Å². The Bertz CT molecular complexity index is 655. The van der Waals surface area contributed by atoms with Crippen LogP contribution >= 0.6 is 0 Å². The highest BCUT2D eigenvalue weighted by atomic mass is 14.5. The lowest BCUT2D eigenvalue weighted by Crippen LogP contribution is -2.34. The molecule has 2 bridgehead atoms. The molecule has 0 heterocycles. The third-order valence-electron chi connectivity index (χ3n) is 6.90. The van der Waals surface area contributed by atoms with Crippen LogP contribution in [0.2, 0.25) is 0 Å². The van der Waals surface area contributed by atoms with Crippen molar-refractivity contribution in [2.45, 2.75) is 56.8 Å². The van der Waals surface area contributed by atoms with E-state index in [9.17, 15) is 0 Å². The minimum Gasteiger partial charge on any atom is -0.0619 e. The van der Waals surface area contributed by atoms with E-state index < -0.39 is 0 Å². The van der Waals surface area contributed by atoms with Crippen LogP contribution in [0.4, 0.5) is 0 Å². The maximum absolute atomic E-state index is 2.44. The summed E-state index contributed by atoms with van der Waals surface area (Å²) in [5.74, 6) is 1.85. The fourth-order valence-electron chi connectivity index (χ4n) is 6.01. The Morgan fingerprint density at radius 1 is 0.609 bits per heavy atom. The van der Waals surface area contributed by atoms with Crippen LogP contribution in [0.3, 0.4) is 0 Å². The quantitative estimate of drug-likeness (QED) is 0.533. The van der Waals surface area contributed by atoms with E-state index in [1.165, 1.54) is 62.5 Å². The largest absolute Gasteiger partial charge is 0.0619 e. The fourth-order valence-corrected chi connectivity index (χ4v) is 6.01. The summed E-state index contributed by atoms with van der Waals surface area (Å²) in [5, 5.41) is 0. The van der Waals surface area contributed by atoms with Gasteiger partial charge in [-0.2, -0.15) is 0 Å². The minimum atomic E-state index is 0.309. The van der Waals surface area contributed by atoms with Crippen molar-refractivity contribution in [3.8, 4) is 11.1 Å². The molecule has 23 heavy (non-hydrogen) atoms. The molecule has 0 amide bonds. The van der Waals surface area contributed by atoms with Crippen molar-refractivity contribution in [1.29, 1.82) is 0 Å². The van der Waals surface area contributed by atoms with E-state index in [-0.39, 0.29) is 0 Å². The molecule has 4 aliphatic rings. The number of fused-ring (bicyclic) bond motifs is 7. The average Bonchev–Trinajstić information content (AvgIpc) is 2.80. The van der Waals surface area contributed by atoms with Crippen LogP contribution in [0.5, 0.6) is 0 Å². The van der Waals surface area contributed by atoms with E-state index in [2.05, 4.69) is 48.5 Å². The van der Waals surface area contributed by atoms with E-state index in [1.54, 1.807) is 11.1 Å². The standard InChI is InChI=1S/C23H26/c1-3-13-21-19(11-1)20-12-2-4-14-22(20)23(21)15-17-7-5-8-18(16-23)10-6-9-17/h1-4,11-14,17-18H,5-10,15-16H2. The van der Waals surface area contributed by atoms with Gasteiger partial charge in [0.05, 0.1) is 0 Å². The molecule has 3 fully saturated rings. The smallest absolute Gasteiger partial charge is 0.0220 e. The first kappa shape index (κ1) is 13.8. The van der Waals surface area contributed by atoms with Crippen molar-refractivity contribution < 1.29 is 0 Å². The number of rotatable bonds is 0. The van der Waals surface area contributed by atoms with Gasteiger partial charge in [-0.15, -0.1) is 0 Å². The van der Waals surface area contributed by atoms with Crippen molar-refractivity contribution in [3.63, 3.8) is 0 Å². The van der Waals surface area contributed by atoms with Crippen LogP contribution in [0.1, 0.15) is 62.5 Å². The predicted molar refractivity (Wildman–Crippen MR) is 96.6 cm³/mol. The molecule has 0 atom stereocenters. The molecule has 1 spiro atoms. The molecule has 0 aromatic heterocycles. The Labute approximate surface area is 139 Å². The average molecular weight is 302 g/mol. The molecule has 0 nitrogen and oxygen atoms in total. The van der Waals surface area contributed by atoms with Gasteiger partial charge >= 0.3 is 0 Å². The van der Waals surface area contributed by atoms with Crippen LogP contribution in [0.25, 0.3) is 11.1 Å². The summed E-state index contributed by atoms with van der Waals surface area (Å²) in [4.78, 5) is 0. The van der Waals surface area contributed by atoms with Crippen LogP contribution in [0.15, 0.2) is 48.5 Å². The molecule has 4 aliphatic carbocycles. The zero-order chi connectivity index (χ0) is 15.3. The van der Waals surface area contributed by atoms with Gasteiger partial charge in [-0.3, -0.25) is 0 Å². The molecule has 0 radical (unpaired) electrons. The molecule has 0 unspecified atom stereocenters. The molecular formula is C23H26. The van der Waals surface area contributed by atoms with Gasteiger partial charge in [-0.1, -0.05) is 87.1 Å². The van der Waals surface area contributed by atoms with Crippen LogP contribution in [-0.4, -0.2) is 0 Å². The van der Waals surface area contributed by atoms with Gasteiger partial charge in [0.25, 0.3) is 0 Å². The lowest BCUT2D eigenvalue weighted by Gasteiger charge is -2.42. The zero-order valence-electron chi connectivity index (χ0n) is 13.9. The molecule has 118 valence electrons. The van der Waals surface area contributed by atoms with Crippen LogP contribution in [-0.2, 0) is 5.41 Å². The summed E-state index contributed by atoms with van der Waals surface area (Å²) in [6, 6.07) is 18.6. The van der Waals surface area contributed by atoms with E-state index in [0.717, 1.165) is 11.8 Å². The lowest BCUT2D eigenvalue weighted by atomic mass is 9.61. The van der Waals surface area contributed by atoms with Crippen molar-refractivity contribution in [2.24, 2.45) is 11.8 Å². The van der Waals surface area contributed by atoms with Crippen molar-refractivity contribution in [3.05, 3.63) is 59.7 Å². The summed E-state index contributed by atoms with van der Waals surface area (Å²) in [6.45, 7) is 0. The van der Waals surface area contributed by atoms with Crippen molar-refractivity contribution in [1.82, 2.24) is 0 Å². The summed E-state index contributed by atoms with van der Waals surface area (Å²) in [6.07, 6.45) is 11.6. The lowest BCUT2D eigenvalue weighted by molar-refractivity contribution is 0.188. The van der Waals surface area contributed by atoms with Gasteiger partial charge < -0.3 is 0 Å². The third kappa shape index (κ3) is 2.04. The Kier molecular flexibility index (Phi) is 3.15. The van der Waals surface area contributed by atoms with Crippen molar-refractivity contribution >= 4 is 0 Å². The number of hydrogen-bond acceptors (Lipinski definition) is 0. The first-order valence-electron chi connectivity index (χ1n) is 9.56. The van der Waals surface area contributed by atoms with Crippen LogP contribution < -0.4 is 0 Å². The topological polar surface area (TPSA) is 0 Å². The monoisotopic (exact) mass is 302 g/mol. The Morgan fingerprint density at radius 3 is 1.52 bits per heavy atom. The SMILES string of the molecule is c1ccc2c(c1)-c1ccccc1C21CC2CCCC(CCC2)C1. The Morgan fingerprint density at radius 2 is 1.04 bits per heavy atom. The summed E-state index contributed by atoms with van der Waals surface area (Å²) in [7, 11) is 0. The molecular weight excluding hydrogens is 276 g/mol. The van der Waals surface area contributed by atoms with Gasteiger partial charge in [0.15, 0.2) is 0 Å². The maximum Gasteiger partial charge on any atom is 0.0220 e. The Balaban J connectivity index is 1.74. The fraction of sp³-hybridized carbons (Fsp3) is 0.478. The molecule has 0 N–H and O–H groups in total. The molecule has 2 aromatic rings. The molecule has 3 saturated carbocycles. The highest BCUT2D eigenvalue weighted by molar-refractivity contribution is 5.81. The number of benzene rings is 2. The summed E-state index contributed by atoms with van der Waals surface area (Å²) >= 11 is 0. The first-order valence-corrected chi connectivity index (χ1v) is 9.56. The summed E-state index contributed by atoms with van der Waals surface area (Å²) < 4.78 is 0. The zero-order valence-corrected chi connectivity index (χ0v) is 13.9. The second kappa shape index (κ2) is 5.23. The molecule has 2 aromatic carbocycles. The third-order valence-corrected chi connectivity index (χ3v) is 6.90. The second-order valence-corrected chi connectivity index (χ2v) is 8.18. The molecule has 0 aliphatic heterocycles. The first-order chi connectivity index (χ1) is 11.4. The minimum absolute atomic E-state index is 0.309. The summed E-state index contributed by atoms with van der Waals surface area (Å²) in [5.41, 5.74) is 6.62. The van der Waals surface area contributed by atoms with E-state index in [1.807, 2.05) is 0 Å². The van der Waals surface area contributed by atoms with E-state index >= 15 is 0 Å².